The van der Waals surface area contributed by atoms with Crippen LogP contribution in [0.1, 0.15) is 22.5 Å². The Bertz CT molecular complexity index is 383. The average molecular weight is 194 g/mol. The molecule has 1 heterocycles. The number of hydrogen-bond donors (Lipinski definition) is 1. The van der Waals surface area contributed by atoms with Crippen LogP contribution in [-0.4, -0.2) is 11.1 Å². The summed E-state index contributed by atoms with van der Waals surface area (Å²) in [5.41, 5.74) is 4.40. The van der Waals surface area contributed by atoms with Crippen molar-refractivity contribution in [2.45, 2.75) is 34.2 Å². The molecule has 0 radical (unpaired) electrons. The van der Waals surface area contributed by atoms with Crippen LogP contribution >= 0.6 is 0 Å². The van der Waals surface area contributed by atoms with Gasteiger partial charge in [-0.1, -0.05) is 0 Å². The average Bonchev–Trinajstić information content (AvgIpc) is 2.09. The molecule has 1 rings (SSSR count). The molecule has 0 saturated carbocycles. The smallest absolute Gasteiger partial charge is 0.370 e. The van der Waals surface area contributed by atoms with Gasteiger partial charge in [0.15, 0.2) is 11.4 Å². The summed E-state index contributed by atoms with van der Waals surface area (Å²) in [6.45, 7) is 7.99. The minimum atomic E-state index is -0.801. The summed E-state index contributed by atoms with van der Waals surface area (Å²) >= 11 is 0. The molecule has 0 amide bonds. The van der Waals surface area contributed by atoms with Crippen LogP contribution in [0, 0.1) is 27.7 Å². The van der Waals surface area contributed by atoms with Crippen LogP contribution in [0.15, 0.2) is 6.07 Å². The number of hydrogen-bond acceptors (Lipinski definition) is 1. The molecule has 0 bridgehead atoms. The highest BCUT2D eigenvalue weighted by molar-refractivity contribution is 5.64. The second kappa shape index (κ2) is 3.78. The molecule has 1 aromatic rings. The zero-order chi connectivity index (χ0) is 10.9. The van der Waals surface area contributed by atoms with Gasteiger partial charge in [-0.15, -0.1) is 0 Å². The lowest BCUT2D eigenvalue weighted by molar-refractivity contribution is -0.698. The number of nitrogens with zero attached hydrogens (tertiary/aromatic N) is 1. The van der Waals surface area contributed by atoms with Crippen molar-refractivity contribution >= 4 is 5.97 Å². The second-order valence-corrected chi connectivity index (χ2v) is 3.66. The first-order chi connectivity index (χ1) is 6.43. The minimum absolute atomic E-state index is 0.0405. The third-order valence-electron chi connectivity index (χ3n) is 2.68. The van der Waals surface area contributed by atoms with Crippen molar-refractivity contribution in [3.8, 4) is 0 Å². The van der Waals surface area contributed by atoms with Crippen molar-refractivity contribution in [3.63, 3.8) is 0 Å². The van der Waals surface area contributed by atoms with E-state index in [4.69, 9.17) is 5.11 Å². The lowest BCUT2D eigenvalue weighted by Gasteiger charge is -2.06. The van der Waals surface area contributed by atoms with Crippen molar-refractivity contribution in [2.24, 2.45) is 0 Å². The molecule has 0 spiro atoms. The van der Waals surface area contributed by atoms with Gasteiger partial charge in [-0.05, 0) is 19.4 Å². The molecule has 14 heavy (non-hydrogen) atoms. The predicted molar refractivity (Wildman–Crippen MR) is 53.2 cm³/mol. The first-order valence-corrected chi connectivity index (χ1v) is 4.62. The van der Waals surface area contributed by atoms with Gasteiger partial charge in [0, 0.05) is 25.5 Å². The van der Waals surface area contributed by atoms with Crippen molar-refractivity contribution < 1.29 is 14.5 Å². The van der Waals surface area contributed by atoms with Gasteiger partial charge in [0.1, 0.15) is 0 Å². The maximum atomic E-state index is 10.6. The van der Waals surface area contributed by atoms with E-state index in [-0.39, 0.29) is 6.54 Å². The number of pyridine rings is 1. The molecule has 1 aromatic heterocycles. The van der Waals surface area contributed by atoms with E-state index in [0.29, 0.717) is 0 Å². The zero-order valence-corrected chi connectivity index (χ0v) is 9.09. The van der Waals surface area contributed by atoms with Crippen LogP contribution in [-0.2, 0) is 11.3 Å². The highest BCUT2D eigenvalue weighted by Crippen LogP contribution is 2.09. The third kappa shape index (κ3) is 1.92. The lowest BCUT2D eigenvalue weighted by Crippen LogP contribution is -2.44. The fourth-order valence-electron chi connectivity index (χ4n) is 1.63. The number of carboxylic acid groups (broad SMARTS) is 1. The predicted octanol–water partition coefficient (Wildman–Crippen LogP) is 1.29. The van der Waals surface area contributed by atoms with Crippen molar-refractivity contribution in [1.82, 2.24) is 0 Å². The highest BCUT2D eigenvalue weighted by atomic mass is 16.4. The summed E-state index contributed by atoms with van der Waals surface area (Å²) < 4.78 is 1.82. The van der Waals surface area contributed by atoms with E-state index in [9.17, 15) is 4.79 Å². The summed E-state index contributed by atoms with van der Waals surface area (Å²) in [6.07, 6.45) is 0. The standard InChI is InChI=1S/C11H15NO2/c1-7-5-8(2)12(6-11(13)14)10(4)9(7)3/h5H,6H2,1-4H3/p+1. The molecular formula is C11H16NO2+. The Morgan fingerprint density at radius 1 is 1.36 bits per heavy atom. The SMILES string of the molecule is Cc1cc(C)[n+](CC(=O)O)c(C)c1C. The molecule has 0 saturated heterocycles. The topological polar surface area (TPSA) is 41.2 Å². The van der Waals surface area contributed by atoms with Crippen LogP contribution in [0.2, 0.25) is 0 Å². The Balaban J connectivity index is 3.29. The van der Waals surface area contributed by atoms with E-state index in [1.54, 1.807) is 0 Å². The minimum Gasteiger partial charge on any atom is -0.477 e. The van der Waals surface area contributed by atoms with Gasteiger partial charge in [0.05, 0.1) is 0 Å². The molecule has 0 atom stereocenters. The van der Waals surface area contributed by atoms with E-state index in [1.165, 1.54) is 5.56 Å². The second-order valence-electron chi connectivity index (χ2n) is 3.66. The van der Waals surface area contributed by atoms with Crippen LogP contribution in [0.25, 0.3) is 0 Å². The normalized spacial score (nSPS) is 10.3. The van der Waals surface area contributed by atoms with Gasteiger partial charge in [-0.25, -0.2) is 4.79 Å². The van der Waals surface area contributed by atoms with Crippen molar-refractivity contribution in [2.75, 3.05) is 0 Å². The summed E-state index contributed by atoms with van der Waals surface area (Å²) in [6, 6.07) is 2.02. The number of carbonyl (C=O) groups is 1. The third-order valence-corrected chi connectivity index (χ3v) is 2.68. The molecule has 1 N–H and O–H groups in total. The molecule has 3 heteroatoms. The monoisotopic (exact) mass is 194 g/mol. The molecular weight excluding hydrogens is 178 g/mol. The van der Waals surface area contributed by atoms with Gasteiger partial charge in [-0.2, -0.15) is 4.57 Å². The van der Waals surface area contributed by atoms with Gasteiger partial charge < -0.3 is 5.11 Å². The Morgan fingerprint density at radius 2 is 1.93 bits per heavy atom. The molecule has 76 valence electrons. The van der Waals surface area contributed by atoms with Crippen LogP contribution in [0.3, 0.4) is 0 Å². The first-order valence-electron chi connectivity index (χ1n) is 4.62. The van der Waals surface area contributed by atoms with E-state index in [1.807, 2.05) is 38.3 Å². The summed E-state index contributed by atoms with van der Waals surface area (Å²) in [4.78, 5) is 10.6. The Hall–Kier alpha value is -1.38. The molecule has 3 nitrogen and oxygen atoms in total. The number of aliphatic carboxylic acids is 1. The largest absolute Gasteiger partial charge is 0.477 e. The number of carboxylic acids is 1. The summed E-state index contributed by atoms with van der Waals surface area (Å²) in [7, 11) is 0. The van der Waals surface area contributed by atoms with E-state index < -0.39 is 5.97 Å². The Labute approximate surface area is 84.0 Å². The Kier molecular flexibility index (Phi) is 2.89. The van der Waals surface area contributed by atoms with E-state index in [2.05, 4.69) is 0 Å². The summed E-state index contributed by atoms with van der Waals surface area (Å²) in [5.74, 6) is -0.801. The fourth-order valence-corrected chi connectivity index (χ4v) is 1.63. The molecule has 0 unspecified atom stereocenters. The Morgan fingerprint density at radius 3 is 2.43 bits per heavy atom. The summed E-state index contributed by atoms with van der Waals surface area (Å²) in [5, 5.41) is 8.76. The van der Waals surface area contributed by atoms with Gasteiger partial charge in [0.25, 0.3) is 0 Å². The molecule has 0 fully saturated rings. The van der Waals surface area contributed by atoms with Crippen molar-refractivity contribution in [1.29, 1.82) is 0 Å². The quantitative estimate of drug-likeness (QED) is 0.721. The number of aromatic nitrogens is 1. The number of aryl methyl sites for hydroxylation is 2. The van der Waals surface area contributed by atoms with Gasteiger partial charge in [-0.3, -0.25) is 0 Å². The van der Waals surface area contributed by atoms with E-state index >= 15 is 0 Å². The fraction of sp³-hybridized carbons (Fsp3) is 0.455. The number of rotatable bonds is 2. The zero-order valence-electron chi connectivity index (χ0n) is 9.09. The highest BCUT2D eigenvalue weighted by Gasteiger charge is 2.17. The molecule has 0 aliphatic carbocycles. The molecule has 0 aliphatic rings. The van der Waals surface area contributed by atoms with Gasteiger partial charge >= 0.3 is 5.97 Å². The van der Waals surface area contributed by atoms with Crippen molar-refractivity contribution in [3.05, 3.63) is 28.6 Å². The lowest BCUT2D eigenvalue weighted by atomic mass is 10.1. The van der Waals surface area contributed by atoms with E-state index in [0.717, 1.165) is 17.0 Å². The van der Waals surface area contributed by atoms with Gasteiger partial charge in [0.2, 0.25) is 6.54 Å². The first kappa shape index (κ1) is 10.7. The maximum absolute atomic E-state index is 10.6. The van der Waals surface area contributed by atoms with Crippen LogP contribution < -0.4 is 4.57 Å². The molecule has 0 aromatic carbocycles. The van der Waals surface area contributed by atoms with Crippen LogP contribution in [0.5, 0.6) is 0 Å². The maximum Gasteiger partial charge on any atom is 0.370 e. The molecule has 0 aliphatic heterocycles. The van der Waals surface area contributed by atoms with Crippen LogP contribution in [0.4, 0.5) is 0 Å².